The Morgan fingerprint density at radius 1 is 1.25 bits per heavy atom. The third-order valence-corrected chi connectivity index (χ3v) is 3.37. The zero-order chi connectivity index (χ0) is 11.6. The molecule has 1 N–H and O–H groups in total. The Balaban J connectivity index is 1.83. The molecule has 0 amide bonds. The maximum absolute atomic E-state index is 5.75. The molecule has 0 aromatic carbocycles. The second-order valence-corrected chi connectivity index (χ2v) is 5.07. The lowest BCUT2D eigenvalue weighted by atomic mass is 10.0. The van der Waals surface area contributed by atoms with E-state index < -0.39 is 0 Å². The SMILES string of the molecule is CCCCC(CC)COCCCNC1CC1. The first-order valence-electron chi connectivity index (χ1n) is 7.18. The van der Waals surface area contributed by atoms with Gasteiger partial charge in [-0.25, -0.2) is 0 Å². The first-order valence-corrected chi connectivity index (χ1v) is 7.18. The topological polar surface area (TPSA) is 21.3 Å². The number of hydrogen-bond donors (Lipinski definition) is 1. The van der Waals surface area contributed by atoms with Gasteiger partial charge in [0.2, 0.25) is 0 Å². The van der Waals surface area contributed by atoms with Crippen LogP contribution in [0, 0.1) is 5.92 Å². The van der Waals surface area contributed by atoms with E-state index in [1.165, 1.54) is 44.9 Å². The van der Waals surface area contributed by atoms with Crippen LogP contribution < -0.4 is 5.32 Å². The minimum absolute atomic E-state index is 0.788. The van der Waals surface area contributed by atoms with Crippen molar-refractivity contribution < 1.29 is 4.74 Å². The van der Waals surface area contributed by atoms with E-state index in [2.05, 4.69) is 19.2 Å². The first kappa shape index (κ1) is 14.0. The zero-order valence-electron chi connectivity index (χ0n) is 11.1. The van der Waals surface area contributed by atoms with Crippen molar-refractivity contribution >= 4 is 0 Å². The Bertz CT molecular complexity index is 157. The second kappa shape index (κ2) is 9.00. The molecule has 1 unspecified atom stereocenters. The van der Waals surface area contributed by atoms with Gasteiger partial charge in [0.15, 0.2) is 0 Å². The van der Waals surface area contributed by atoms with Gasteiger partial charge >= 0.3 is 0 Å². The highest BCUT2D eigenvalue weighted by Gasteiger charge is 2.19. The van der Waals surface area contributed by atoms with Crippen molar-refractivity contribution in [3.63, 3.8) is 0 Å². The van der Waals surface area contributed by atoms with Crippen LogP contribution in [0.5, 0.6) is 0 Å². The molecular formula is C14H29NO. The molecule has 2 heteroatoms. The van der Waals surface area contributed by atoms with E-state index in [0.29, 0.717) is 0 Å². The summed E-state index contributed by atoms with van der Waals surface area (Å²) in [4.78, 5) is 0. The Labute approximate surface area is 101 Å². The van der Waals surface area contributed by atoms with Gasteiger partial charge in [-0.3, -0.25) is 0 Å². The largest absolute Gasteiger partial charge is 0.381 e. The van der Waals surface area contributed by atoms with Gasteiger partial charge in [-0.1, -0.05) is 33.1 Å². The van der Waals surface area contributed by atoms with Crippen LogP contribution in [-0.2, 0) is 4.74 Å². The summed E-state index contributed by atoms with van der Waals surface area (Å²) in [6, 6.07) is 0.841. The summed E-state index contributed by atoms with van der Waals surface area (Å²) in [6.07, 6.45) is 9.20. The van der Waals surface area contributed by atoms with E-state index in [1.807, 2.05) is 0 Å². The molecule has 0 radical (unpaired) electrons. The fourth-order valence-corrected chi connectivity index (χ4v) is 1.92. The normalized spacial score (nSPS) is 17.6. The van der Waals surface area contributed by atoms with E-state index in [-0.39, 0.29) is 0 Å². The summed E-state index contributed by atoms with van der Waals surface area (Å²) < 4.78 is 5.75. The van der Waals surface area contributed by atoms with Gasteiger partial charge in [0.25, 0.3) is 0 Å². The Hall–Kier alpha value is -0.0800. The third kappa shape index (κ3) is 7.24. The van der Waals surface area contributed by atoms with Crippen LogP contribution in [0.25, 0.3) is 0 Å². The monoisotopic (exact) mass is 227 g/mol. The molecule has 1 aliphatic rings. The van der Waals surface area contributed by atoms with E-state index >= 15 is 0 Å². The van der Waals surface area contributed by atoms with E-state index in [1.54, 1.807) is 0 Å². The number of rotatable bonds is 11. The van der Waals surface area contributed by atoms with Crippen LogP contribution in [0.1, 0.15) is 58.8 Å². The van der Waals surface area contributed by atoms with Crippen molar-refractivity contribution in [1.29, 1.82) is 0 Å². The Kier molecular flexibility index (Phi) is 7.87. The molecule has 16 heavy (non-hydrogen) atoms. The van der Waals surface area contributed by atoms with Gasteiger partial charge in [-0.2, -0.15) is 0 Å². The lowest BCUT2D eigenvalue weighted by Gasteiger charge is -2.14. The van der Waals surface area contributed by atoms with Crippen LogP contribution in [0.15, 0.2) is 0 Å². The first-order chi connectivity index (χ1) is 7.86. The number of nitrogens with one attached hydrogen (secondary N) is 1. The zero-order valence-corrected chi connectivity index (χ0v) is 11.1. The summed E-state index contributed by atoms with van der Waals surface area (Å²) >= 11 is 0. The molecule has 1 aliphatic carbocycles. The van der Waals surface area contributed by atoms with Crippen LogP contribution in [0.2, 0.25) is 0 Å². The average molecular weight is 227 g/mol. The smallest absolute Gasteiger partial charge is 0.0494 e. The summed E-state index contributed by atoms with van der Waals surface area (Å²) in [5.41, 5.74) is 0. The van der Waals surface area contributed by atoms with Crippen molar-refractivity contribution in [3.8, 4) is 0 Å². The molecule has 1 saturated carbocycles. The maximum atomic E-state index is 5.75. The van der Waals surface area contributed by atoms with Crippen LogP contribution in [0.4, 0.5) is 0 Å². The predicted molar refractivity (Wildman–Crippen MR) is 69.8 cm³/mol. The molecule has 1 rings (SSSR count). The van der Waals surface area contributed by atoms with E-state index in [9.17, 15) is 0 Å². The van der Waals surface area contributed by atoms with Gasteiger partial charge in [-0.15, -0.1) is 0 Å². The number of unbranched alkanes of at least 4 members (excludes halogenated alkanes) is 1. The molecular weight excluding hydrogens is 198 g/mol. The van der Waals surface area contributed by atoms with Crippen molar-refractivity contribution in [2.45, 2.75) is 64.8 Å². The predicted octanol–water partition coefficient (Wildman–Crippen LogP) is 3.36. The van der Waals surface area contributed by atoms with Gasteiger partial charge in [0, 0.05) is 19.3 Å². The van der Waals surface area contributed by atoms with Gasteiger partial charge in [0.05, 0.1) is 0 Å². The third-order valence-electron chi connectivity index (χ3n) is 3.37. The molecule has 0 aromatic heterocycles. The summed E-state index contributed by atoms with van der Waals surface area (Å²) in [6.45, 7) is 7.58. The lowest BCUT2D eigenvalue weighted by Crippen LogP contribution is -2.19. The van der Waals surface area contributed by atoms with Crippen molar-refractivity contribution in [1.82, 2.24) is 5.32 Å². The van der Waals surface area contributed by atoms with Crippen LogP contribution in [-0.4, -0.2) is 25.8 Å². The highest BCUT2D eigenvalue weighted by atomic mass is 16.5. The van der Waals surface area contributed by atoms with Crippen molar-refractivity contribution in [2.75, 3.05) is 19.8 Å². The Morgan fingerprint density at radius 2 is 2.06 bits per heavy atom. The molecule has 0 saturated heterocycles. The lowest BCUT2D eigenvalue weighted by molar-refractivity contribution is 0.0921. The minimum Gasteiger partial charge on any atom is -0.381 e. The fourth-order valence-electron chi connectivity index (χ4n) is 1.92. The molecule has 0 aliphatic heterocycles. The summed E-state index contributed by atoms with van der Waals surface area (Å²) in [7, 11) is 0. The Morgan fingerprint density at radius 3 is 2.69 bits per heavy atom. The average Bonchev–Trinajstić information content (AvgIpc) is 3.11. The van der Waals surface area contributed by atoms with Crippen LogP contribution in [0.3, 0.4) is 0 Å². The van der Waals surface area contributed by atoms with E-state index in [4.69, 9.17) is 4.74 Å². The van der Waals surface area contributed by atoms with Gasteiger partial charge < -0.3 is 10.1 Å². The summed E-state index contributed by atoms with van der Waals surface area (Å²) in [5.74, 6) is 0.788. The quantitative estimate of drug-likeness (QED) is 0.546. The van der Waals surface area contributed by atoms with Crippen LogP contribution >= 0.6 is 0 Å². The van der Waals surface area contributed by atoms with E-state index in [0.717, 1.165) is 31.7 Å². The molecule has 0 bridgehead atoms. The molecule has 1 fully saturated rings. The molecule has 96 valence electrons. The van der Waals surface area contributed by atoms with Crippen molar-refractivity contribution in [3.05, 3.63) is 0 Å². The second-order valence-electron chi connectivity index (χ2n) is 5.07. The molecule has 2 nitrogen and oxygen atoms in total. The molecule has 0 aromatic rings. The summed E-state index contributed by atoms with van der Waals surface area (Å²) in [5, 5.41) is 3.51. The molecule has 0 spiro atoms. The number of hydrogen-bond acceptors (Lipinski definition) is 2. The standard InChI is InChI=1S/C14H29NO/c1-3-5-7-13(4-2)12-16-11-6-10-15-14-8-9-14/h13-15H,3-12H2,1-2H3. The van der Waals surface area contributed by atoms with Gasteiger partial charge in [0.1, 0.15) is 0 Å². The molecule has 0 heterocycles. The minimum atomic E-state index is 0.788. The maximum Gasteiger partial charge on any atom is 0.0494 e. The van der Waals surface area contributed by atoms with Gasteiger partial charge in [-0.05, 0) is 38.1 Å². The highest BCUT2D eigenvalue weighted by molar-refractivity contribution is 4.80. The molecule has 1 atom stereocenters. The number of ether oxygens (including phenoxy) is 1. The fraction of sp³-hybridized carbons (Fsp3) is 1.00. The highest BCUT2D eigenvalue weighted by Crippen LogP contribution is 2.18. The van der Waals surface area contributed by atoms with Crippen molar-refractivity contribution in [2.24, 2.45) is 5.92 Å².